The fourth-order valence-electron chi connectivity index (χ4n) is 1.89. The zero-order valence-electron chi connectivity index (χ0n) is 11.7. The van der Waals surface area contributed by atoms with Crippen LogP contribution in [0, 0.1) is 5.82 Å². The number of nitrogens with zero attached hydrogens (tertiary/aromatic N) is 2. The van der Waals surface area contributed by atoms with Crippen molar-refractivity contribution in [2.45, 2.75) is 6.54 Å². The number of benzene rings is 1. The van der Waals surface area contributed by atoms with Crippen molar-refractivity contribution < 1.29 is 9.18 Å². The maximum atomic E-state index is 13.2. The molecule has 0 spiro atoms. The SMILES string of the molecule is CN(C)Cc1ccccc1NC(=O)c1cc(F)cnc1Cl. The first-order valence-corrected chi connectivity index (χ1v) is 6.70. The number of hydrogen-bond acceptors (Lipinski definition) is 3. The van der Waals surface area contributed by atoms with Gasteiger partial charge in [0, 0.05) is 12.2 Å². The maximum absolute atomic E-state index is 13.2. The van der Waals surface area contributed by atoms with E-state index in [-0.39, 0.29) is 10.7 Å². The molecule has 0 atom stereocenters. The standard InChI is InChI=1S/C15H15ClFN3O/c1-20(2)9-10-5-3-4-6-13(10)19-15(21)12-7-11(17)8-18-14(12)16/h3-8H,9H2,1-2H3,(H,19,21). The van der Waals surface area contributed by atoms with Crippen LogP contribution >= 0.6 is 11.6 Å². The van der Waals surface area contributed by atoms with Crippen molar-refractivity contribution in [2.75, 3.05) is 19.4 Å². The van der Waals surface area contributed by atoms with Gasteiger partial charge in [-0.15, -0.1) is 0 Å². The first kappa shape index (κ1) is 15.4. The normalized spacial score (nSPS) is 10.7. The smallest absolute Gasteiger partial charge is 0.258 e. The van der Waals surface area contributed by atoms with E-state index in [2.05, 4.69) is 10.3 Å². The van der Waals surface area contributed by atoms with Crippen molar-refractivity contribution in [2.24, 2.45) is 0 Å². The van der Waals surface area contributed by atoms with E-state index < -0.39 is 11.7 Å². The van der Waals surface area contributed by atoms with Crippen LogP contribution in [0.25, 0.3) is 0 Å². The molecule has 1 N–H and O–H groups in total. The second-order valence-corrected chi connectivity index (χ2v) is 5.20. The van der Waals surface area contributed by atoms with Gasteiger partial charge >= 0.3 is 0 Å². The van der Waals surface area contributed by atoms with Gasteiger partial charge in [0.1, 0.15) is 11.0 Å². The number of rotatable bonds is 4. The van der Waals surface area contributed by atoms with Crippen LogP contribution in [0.3, 0.4) is 0 Å². The lowest BCUT2D eigenvalue weighted by Crippen LogP contribution is -2.17. The lowest BCUT2D eigenvalue weighted by Gasteiger charge is -2.15. The van der Waals surface area contributed by atoms with E-state index in [4.69, 9.17) is 11.6 Å². The van der Waals surface area contributed by atoms with E-state index in [0.29, 0.717) is 12.2 Å². The molecule has 0 aliphatic carbocycles. The van der Waals surface area contributed by atoms with E-state index in [1.54, 1.807) is 6.07 Å². The number of hydrogen-bond donors (Lipinski definition) is 1. The van der Waals surface area contributed by atoms with Crippen LogP contribution in [0.15, 0.2) is 36.5 Å². The maximum Gasteiger partial charge on any atom is 0.258 e. The largest absolute Gasteiger partial charge is 0.322 e. The zero-order chi connectivity index (χ0) is 15.4. The number of nitrogens with one attached hydrogen (secondary N) is 1. The molecule has 0 saturated heterocycles. The van der Waals surface area contributed by atoms with E-state index >= 15 is 0 Å². The summed E-state index contributed by atoms with van der Waals surface area (Å²) in [5, 5.41) is 2.71. The molecule has 110 valence electrons. The summed E-state index contributed by atoms with van der Waals surface area (Å²) in [6.07, 6.45) is 0.971. The summed E-state index contributed by atoms with van der Waals surface area (Å²) in [7, 11) is 3.87. The van der Waals surface area contributed by atoms with Gasteiger partial charge in [-0.05, 0) is 31.8 Å². The molecule has 21 heavy (non-hydrogen) atoms. The second kappa shape index (κ2) is 6.65. The minimum Gasteiger partial charge on any atom is -0.322 e. The van der Waals surface area contributed by atoms with Crippen molar-refractivity contribution in [1.29, 1.82) is 0 Å². The average molecular weight is 308 g/mol. The summed E-state index contributed by atoms with van der Waals surface area (Å²) in [6.45, 7) is 0.672. The number of para-hydroxylation sites is 1. The van der Waals surface area contributed by atoms with Crippen molar-refractivity contribution in [1.82, 2.24) is 9.88 Å². The molecule has 1 heterocycles. The minimum absolute atomic E-state index is 0.0105. The van der Waals surface area contributed by atoms with Crippen LogP contribution < -0.4 is 5.32 Å². The van der Waals surface area contributed by atoms with E-state index in [1.807, 2.05) is 37.2 Å². The summed E-state index contributed by atoms with van der Waals surface area (Å²) in [5.74, 6) is -1.09. The first-order chi connectivity index (χ1) is 9.97. The van der Waals surface area contributed by atoms with Gasteiger partial charge < -0.3 is 10.2 Å². The van der Waals surface area contributed by atoms with Crippen LogP contribution in [-0.4, -0.2) is 29.9 Å². The summed E-state index contributed by atoms with van der Waals surface area (Å²) in [4.78, 5) is 17.8. The third-order valence-corrected chi connectivity index (χ3v) is 3.10. The van der Waals surface area contributed by atoms with Gasteiger partial charge in [0.05, 0.1) is 11.8 Å². The highest BCUT2D eigenvalue weighted by Gasteiger charge is 2.14. The third-order valence-electron chi connectivity index (χ3n) is 2.80. The number of carbonyl (C=O) groups excluding carboxylic acids is 1. The summed E-state index contributed by atoms with van der Waals surface area (Å²) in [5.41, 5.74) is 1.63. The highest BCUT2D eigenvalue weighted by atomic mass is 35.5. The molecule has 0 fully saturated rings. The van der Waals surface area contributed by atoms with Gasteiger partial charge in [0.15, 0.2) is 0 Å². The number of amides is 1. The molecular formula is C15H15ClFN3O. The van der Waals surface area contributed by atoms with Crippen molar-refractivity contribution >= 4 is 23.2 Å². The molecule has 1 amide bonds. The Hall–Kier alpha value is -1.98. The Bertz CT molecular complexity index is 661. The molecule has 0 radical (unpaired) electrons. The first-order valence-electron chi connectivity index (χ1n) is 6.32. The lowest BCUT2D eigenvalue weighted by atomic mass is 10.1. The average Bonchev–Trinajstić information content (AvgIpc) is 2.43. The molecule has 4 nitrogen and oxygen atoms in total. The van der Waals surface area contributed by atoms with Gasteiger partial charge in [-0.3, -0.25) is 4.79 Å². The Morgan fingerprint density at radius 3 is 2.81 bits per heavy atom. The Balaban J connectivity index is 2.25. The van der Waals surface area contributed by atoms with Crippen LogP contribution in [0.2, 0.25) is 5.15 Å². The van der Waals surface area contributed by atoms with Gasteiger partial charge in [0.25, 0.3) is 5.91 Å². The lowest BCUT2D eigenvalue weighted by molar-refractivity contribution is 0.102. The molecule has 0 aliphatic heterocycles. The Morgan fingerprint density at radius 1 is 1.38 bits per heavy atom. The third kappa shape index (κ3) is 4.00. The number of aromatic nitrogens is 1. The Kier molecular flexibility index (Phi) is 4.88. The van der Waals surface area contributed by atoms with Crippen molar-refractivity contribution in [3.05, 3.63) is 58.6 Å². The van der Waals surface area contributed by atoms with Crippen molar-refractivity contribution in [3.8, 4) is 0 Å². The van der Waals surface area contributed by atoms with E-state index in [9.17, 15) is 9.18 Å². The van der Waals surface area contributed by atoms with Gasteiger partial charge in [0.2, 0.25) is 0 Å². The fraction of sp³-hybridized carbons (Fsp3) is 0.200. The fourth-order valence-corrected chi connectivity index (χ4v) is 2.08. The molecule has 2 rings (SSSR count). The minimum atomic E-state index is -0.605. The second-order valence-electron chi connectivity index (χ2n) is 4.84. The Morgan fingerprint density at radius 2 is 2.10 bits per heavy atom. The predicted octanol–water partition coefficient (Wildman–Crippen LogP) is 3.19. The number of anilines is 1. The molecule has 6 heteroatoms. The molecule has 2 aromatic rings. The predicted molar refractivity (Wildman–Crippen MR) is 81.0 cm³/mol. The van der Waals surface area contributed by atoms with Crippen molar-refractivity contribution in [3.63, 3.8) is 0 Å². The van der Waals surface area contributed by atoms with Crippen LogP contribution in [0.4, 0.5) is 10.1 Å². The zero-order valence-corrected chi connectivity index (χ0v) is 12.5. The molecular weight excluding hydrogens is 293 g/mol. The molecule has 0 saturated carbocycles. The monoisotopic (exact) mass is 307 g/mol. The Labute approximate surface area is 127 Å². The number of pyridine rings is 1. The number of carbonyl (C=O) groups is 1. The molecule has 0 bridgehead atoms. The van der Waals surface area contributed by atoms with Gasteiger partial charge in [-0.25, -0.2) is 9.37 Å². The van der Waals surface area contributed by atoms with Gasteiger partial charge in [-0.1, -0.05) is 29.8 Å². The highest BCUT2D eigenvalue weighted by Crippen LogP contribution is 2.20. The quantitative estimate of drug-likeness (QED) is 0.882. The molecule has 1 aromatic carbocycles. The highest BCUT2D eigenvalue weighted by molar-refractivity contribution is 6.33. The number of halogens is 2. The van der Waals surface area contributed by atoms with E-state index in [0.717, 1.165) is 17.8 Å². The van der Waals surface area contributed by atoms with Crippen LogP contribution in [-0.2, 0) is 6.54 Å². The van der Waals surface area contributed by atoms with Gasteiger partial charge in [-0.2, -0.15) is 0 Å². The molecule has 1 aromatic heterocycles. The molecule has 0 unspecified atom stereocenters. The summed E-state index contributed by atoms with van der Waals surface area (Å²) in [6, 6.07) is 8.49. The molecule has 0 aliphatic rings. The topological polar surface area (TPSA) is 45.2 Å². The summed E-state index contributed by atoms with van der Waals surface area (Å²) < 4.78 is 13.2. The van der Waals surface area contributed by atoms with Crippen LogP contribution in [0.5, 0.6) is 0 Å². The van der Waals surface area contributed by atoms with Crippen LogP contribution in [0.1, 0.15) is 15.9 Å². The van der Waals surface area contributed by atoms with E-state index in [1.165, 1.54) is 0 Å². The summed E-state index contributed by atoms with van der Waals surface area (Å²) >= 11 is 5.83.